The fourth-order valence-corrected chi connectivity index (χ4v) is 2.68. The van der Waals surface area contributed by atoms with Crippen LogP contribution in [0.4, 0.5) is 4.39 Å². The first-order chi connectivity index (χ1) is 10.1. The number of aromatic nitrogens is 2. The van der Waals surface area contributed by atoms with E-state index in [-0.39, 0.29) is 11.1 Å². The first kappa shape index (κ1) is 16.2. The van der Waals surface area contributed by atoms with E-state index in [1.54, 1.807) is 37.2 Å². The third-order valence-corrected chi connectivity index (χ3v) is 3.89. The highest BCUT2D eigenvalue weighted by Gasteiger charge is 2.23. The lowest BCUT2D eigenvalue weighted by Gasteiger charge is -2.20. The topological polar surface area (TPSA) is 39.1 Å². The molecule has 2 rings (SSSR count). The summed E-state index contributed by atoms with van der Waals surface area (Å²) < 4.78 is 20.5. The highest BCUT2D eigenvalue weighted by atomic mass is 35.5. The first-order valence-corrected chi connectivity index (χ1v) is 7.17. The lowest BCUT2D eigenvalue weighted by atomic mass is 10.0. The Hall–Kier alpha value is -1.14. The van der Waals surface area contributed by atoms with Crippen molar-refractivity contribution in [2.24, 2.45) is 0 Å². The quantitative estimate of drug-likeness (QED) is 0.882. The van der Waals surface area contributed by atoms with Gasteiger partial charge in [0.25, 0.3) is 0 Å². The molecule has 7 heteroatoms. The Bertz CT molecular complexity index is 618. The van der Waals surface area contributed by atoms with E-state index < -0.39 is 5.82 Å². The molecule has 4 nitrogen and oxygen atoms in total. The lowest BCUT2D eigenvalue weighted by Crippen LogP contribution is -2.23. The molecule has 0 radical (unpaired) electrons. The molecule has 1 atom stereocenters. The van der Waals surface area contributed by atoms with Crippen molar-refractivity contribution in [3.63, 3.8) is 0 Å². The smallest absolute Gasteiger partial charge is 0.142 e. The Labute approximate surface area is 132 Å². The predicted octanol–water partition coefficient (Wildman–Crippen LogP) is 3.28. The van der Waals surface area contributed by atoms with Gasteiger partial charge in [-0.3, -0.25) is 4.68 Å². The largest absolute Gasteiger partial charge is 0.383 e. The summed E-state index contributed by atoms with van der Waals surface area (Å²) in [4.78, 5) is 0. The molecule has 1 heterocycles. The highest BCUT2D eigenvalue weighted by molar-refractivity contribution is 6.32. The van der Waals surface area contributed by atoms with Crippen LogP contribution in [0, 0.1) is 5.82 Å². The standard InChI is InChI=1S/C14H16Cl2FN3O/c1-18-13(9-4-3-5-11(17)12(9)16)14-10(15)8-19-20(14)6-7-21-2/h3-5,8,13,18H,6-7H2,1-2H3. The van der Waals surface area contributed by atoms with Crippen LogP contribution in [0.25, 0.3) is 0 Å². The molecule has 0 aliphatic carbocycles. The van der Waals surface area contributed by atoms with Crippen molar-refractivity contribution in [1.82, 2.24) is 15.1 Å². The van der Waals surface area contributed by atoms with Gasteiger partial charge in [-0.2, -0.15) is 5.10 Å². The summed E-state index contributed by atoms with van der Waals surface area (Å²) in [7, 11) is 3.37. The Morgan fingerprint density at radius 1 is 1.43 bits per heavy atom. The first-order valence-electron chi connectivity index (χ1n) is 6.41. The van der Waals surface area contributed by atoms with Gasteiger partial charge in [-0.15, -0.1) is 0 Å². The van der Waals surface area contributed by atoms with Crippen molar-refractivity contribution in [3.05, 3.63) is 51.5 Å². The zero-order valence-electron chi connectivity index (χ0n) is 11.7. The number of benzene rings is 1. The monoisotopic (exact) mass is 331 g/mol. The van der Waals surface area contributed by atoms with Crippen molar-refractivity contribution >= 4 is 23.2 Å². The molecular weight excluding hydrogens is 316 g/mol. The number of ether oxygens (including phenoxy) is 1. The molecule has 0 amide bonds. The second-order valence-electron chi connectivity index (χ2n) is 4.46. The van der Waals surface area contributed by atoms with Gasteiger partial charge in [0.15, 0.2) is 0 Å². The molecule has 21 heavy (non-hydrogen) atoms. The highest BCUT2D eigenvalue weighted by Crippen LogP contribution is 2.33. The van der Waals surface area contributed by atoms with E-state index in [9.17, 15) is 4.39 Å². The third-order valence-electron chi connectivity index (χ3n) is 3.20. The Balaban J connectivity index is 2.46. The van der Waals surface area contributed by atoms with Crippen LogP contribution in [0.15, 0.2) is 24.4 Å². The number of halogens is 3. The van der Waals surface area contributed by atoms with E-state index in [0.717, 1.165) is 5.69 Å². The normalized spacial score (nSPS) is 12.6. The molecule has 0 aliphatic rings. The minimum atomic E-state index is -0.464. The number of nitrogens with zero attached hydrogens (tertiary/aromatic N) is 2. The summed E-state index contributed by atoms with van der Waals surface area (Å²) in [5.41, 5.74) is 1.34. The van der Waals surface area contributed by atoms with E-state index in [1.807, 2.05) is 0 Å². The van der Waals surface area contributed by atoms with Gasteiger partial charge in [-0.1, -0.05) is 35.3 Å². The van der Waals surface area contributed by atoms with E-state index in [2.05, 4.69) is 10.4 Å². The van der Waals surface area contributed by atoms with Crippen molar-refractivity contribution in [2.45, 2.75) is 12.6 Å². The maximum Gasteiger partial charge on any atom is 0.142 e. The van der Waals surface area contributed by atoms with Gasteiger partial charge >= 0.3 is 0 Å². The van der Waals surface area contributed by atoms with E-state index in [4.69, 9.17) is 27.9 Å². The van der Waals surface area contributed by atoms with Gasteiger partial charge in [0.05, 0.1) is 41.1 Å². The molecule has 1 N–H and O–H groups in total. The number of rotatable bonds is 6. The van der Waals surface area contributed by atoms with Gasteiger partial charge in [-0.05, 0) is 18.7 Å². The SMILES string of the molecule is CNC(c1cccc(F)c1Cl)c1c(Cl)cnn1CCOC. The molecule has 0 saturated carbocycles. The second-order valence-corrected chi connectivity index (χ2v) is 5.24. The van der Waals surface area contributed by atoms with Gasteiger partial charge in [-0.25, -0.2) is 4.39 Å². The van der Waals surface area contributed by atoms with Crippen LogP contribution in [0.1, 0.15) is 17.3 Å². The summed E-state index contributed by atoms with van der Waals surface area (Å²) >= 11 is 12.3. The van der Waals surface area contributed by atoms with E-state index in [1.165, 1.54) is 6.07 Å². The molecule has 0 spiro atoms. The molecule has 114 valence electrons. The molecule has 1 unspecified atom stereocenters. The summed E-state index contributed by atoms with van der Waals surface area (Å²) in [6.07, 6.45) is 1.56. The molecule has 0 aliphatic heterocycles. The van der Waals surface area contributed by atoms with Gasteiger partial charge in [0, 0.05) is 7.11 Å². The van der Waals surface area contributed by atoms with Gasteiger partial charge in [0.2, 0.25) is 0 Å². The zero-order chi connectivity index (χ0) is 15.4. The molecule has 0 fully saturated rings. The maximum absolute atomic E-state index is 13.7. The van der Waals surface area contributed by atoms with Crippen molar-refractivity contribution in [1.29, 1.82) is 0 Å². The molecule has 2 aromatic rings. The minimum Gasteiger partial charge on any atom is -0.383 e. The predicted molar refractivity (Wildman–Crippen MR) is 81.4 cm³/mol. The Morgan fingerprint density at radius 3 is 2.86 bits per heavy atom. The average Bonchev–Trinajstić information content (AvgIpc) is 2.83. The average molecular weight is 332 g/mol. The molecule has 1 aromatic heterocycles. The third kappa shape index (κ3) is 3.37. The van der Waals surface area contributed by atoms with E-state index >= 15 is 0 Å². The van der Waals surface area contributed by atoms with Crippen LogP contribution in [-0.2, 0) is 11.3 Å². The number of methoxy groups -OCH3 is 1. The summed E-state index contributed by atoms with van der Waals surface area (Å²) in [5, 5.41) is 7.90. The van der Waals surface area contributed by atoms with Crippen LogP contribution in [0.3, 0.4) is 0 Å². The molecule has 0 bridgehead atoms. The number of hydrogen-bond acceptors (Lipinski definition) is 3. The number of nitrogens with one attached hydrogen (secondary N) is 1. The molecular formula is C14H16Cl2FN3O. The molecule has 1 aromatic carbocycles. The zero-order valence-corrected chi connectivity index (χ0v) is 13.2. The van der Waals surface area contributed by atoms with Crippen LogP contribution in [0.2, 0.25) is 10.0 Å². The minimum absolute atomic E-state index is 0.0763. The Kier molecular flexibility index (Phi) is 5.58. The van der Waals surface area contributed by atoms with Crippen LogP contribution in [-0.4, -0.2) is 30.5 Å². The van der Waals surface area contributed by atoms with Gasteiger partial charge < -0.3 is 10.1 Å². The van der Waals surface area contributed by atoms with Crippen LogP contribution >= 0.6 is 23.2 Å². The van der Waals surface area contributed by atoms with Crippen LogP contribution in [0.5, 0.6) is 0 Å². The fourth-order valence-electron chi connectivity index (χ4n) is 2.20. The summed E-state index contributed by atoms with van der Waals surface area (Å²) in [6, 6.07) is 4.34. The summed E-state index contributed by atoms with van der Waals surface area (Å²) in [5.74, 6) is -0.464. The lowest BCUT2D eigenvalue weighted by molar-refractivity contribution is 0.182. The number of hydrogen-bond donors (Lipinski definition) is 1. The van der Waals surface area contributed by atoms with Gasteiger partial charge in [0.1, 0.15) is 5.82 Å². The molecule has 0 saturated heterocycles. The van der Waals surface area contributed by atoms with Crippen LogP contribution < -0.4 is 5.32 Å². The van der Waals surface area contributed by atoms with Crippen molar-refractivity contribution in [3.8, 4) is 0 Å². The van der Waals surface area contributed by atoms with Crippen molar-refractivity contribution in [2.75, 3.05) is 20.8 Å². The fraction of sp³-hybridized carbons (Fsp3) is 0.357. The second kappa shape index (κ2) is 7.22. The summed E-state index contributed by atoms with van der Waals surface area (Å²) in [6.45, 7) is 1.04. The van der Waals surface area contributed by atoms with E-state index in [0.29, 0.717) is 23.7 Å². The maximum atomic E-state index is 13.7. The Morgan fingerprint density at radius 2 is 2.19 bits per heavy atom. The van der Waals surface area contributed by atoms with Crippen molar-refractivity contribution < 1.29 is 9.13 Å².